The second kappa shape index (κ2) is 12.8. The number of hydrogen-bond donors (Lipinski definition) is 2. The number of carboxylic acid groups (broad SMARTS) is 1. The molecule has 2 N–H and O–H groups in total. The molecule has 0 saturated heterocycles. The van der Waals surface area contributed by atoms with E-state index < -0.39 is 5.97 Å². The van der Waals surface area contributed by atoms with Gasteiger partial charge < -0.3 is 9.84 Å². The summed E-state index contributed by atoms with van der Waals surface area (Å²) in [6.45, 7) is 6.15. The number of hydrogen-bond acceptors (Lipinski definition) is 6. The van der Waals surface area contributed by atoms with E-state index in [-0.39, 0.29) is 5.91 Å². The van der Waals surface area contributed by atoms with E-state index in [0.717, 1.165) is 68.4 Å². The molecule has 3 aromatic rings. The minimum Gasteiger partial charge on any atom is -0.0121 e. The van der Waals surface area contributed by atoms with Crippen LogP contribution in [0.5, 0.6) is 11.5 Å². The SMILES string of the molecule is CC(=O)O.CCOc1ccc2cc(OCC)c(/C=C3\SC(Nc4cc[c]([Na])cc4)=NC3=O)cc2c1. The minimum absolute atomic E-state index is 0.252. The summed E-state index contributed by atoms with van der Waals surface area (Å²) in [4.78, 5) is 26.3. The quantitative estimate of drug-likeness (QED) is 0.377. The van der Waals surface area contributed by atoms with Crippen molar-refractivity contribution in [1.82, 2.24) is 0 Å². The molecule has 1 aliphatic rings. The fourth-order valence-corrected chi connectivity index (χ4v) is 4.44. The number of ether oxygens (including phenoxy) is 2. The molecule has 9 heteroatoms. The number of thioether (sulfide) groups is 1. The van der Waals surface area contributed by atoms with Gasteiger partial charge in [0.15, 0.2) is 0 Å². The molecule has 35 heavy (non-hydrogen) atoms. The van der Waals surface area contributed by atoms with Crippen LogP contribution in [-0.4, -0.2) is 63.3 Å². The zero-order chi connectivity index (χ0) is 25.4. The standard InChI is InChI=1S/C24H21N2O3S.C2H4O2.Na/c1-3-28-20-11-10-16-14-21(29-4-2)18(12-17(16)13-20)15-22-23(27)26-24(30-22)25-19-8-6-5-7-9-19;1-2(3)4;/h6-15H,3-4H2,1-2H3,(H,25,26,27);1H3,(H,3,4);/b22-15-;;. The summed E-state index contributed by atoms with van der Waals surface area (Å²) in [5.41, 5.74) is 1.76. The van der Waals surface area contributed by atoms with Crippen molar-refractivity contribution in [3.63, 3.8) is 0 Å². The molecule has 0 aromatic heterocycles. The fourth-order valence-electron chi connectivity index (χ4n) is 3.29. The number of aliphatic imine (C=N–C) groups is 1. The van der Waals surface area contributed by atoms with E-state index in [1.165, 1.54) is 14.6 Å². The number of carboxylic acids is 1. The summed E-state index contributed by atoms with van der Waals surface area (Å²) in [5, 5.41) is 13.3. The van der Waals surface area contributed by atoms with Gasteiger partial charge in [-0.2, -0.15) is 0 Å². The third-order valence-corrected chi connectivity index (χ3v) is 6.33. The van der Waals surface area contributed by atoms with Gasteiger partial charge in [0.1, 0.15) is 5.75 Å². The van der Waals surface area contributed by atoms with Crippen LogP contribution in [0.4, 0.5) is 5.69 Å². The number of benzene rings is 3. The maximum atomic E-state index is 12.5. The summed E-state index contributed by atoms with van der Waals surface area (Å²) in [6, 6.07) is 18.2. The van der Waals surface area contributed by atoms with Crippen molar-refractivity contribution in [3.05, 3.63) is 65.1 Å². The Labute approximate surface area is 226 Å². The number of aliphatic carboxylic acids is 1. The van der Waals surface area contributed by atoms with Gasteiger partial charge in [0.2, 0.25) is 0 Å². The number of nitrogens with zero attached hydrogens (tertiary/aromatic N) is 1. The smallest absolute Gasteiger partial charge is 0.0121 e. The molecule has 0 fully saturated rings. The first-order chi connectivity index (χ1) is 16.8. The van der Waals surface area contributed by atoms with Gasteiger partial charge in [0.25, 0.3) is 5.97 Å². The van der Waals surface area contributed by atoms with Crippen LogP contribution in [0.2, 0.25) is 0 Å². The average Bonchev–Trinajstić information content (AvgIpc) is 3.14. The average molecular weight is 501 g/mol. The van der Waals surface area contributed by atoms with E-state index in [2.05, 4.69) is 22.4 Å². The minimum atomic E-state index is -0.833. The van der Waals surface area contributed by atoms with Crippen LogP contribution in [0.3, 0.4) is 0 Å². The van der Waals surface area contributed by atoms with E-state index in [4.69, 9.17) is 19.4 Å². The Morgan fingerprint density at radius 2 is 1.74 bits per heavy atom. The van der Waals surface area contributed by atoms with Gasteiger partial charge in [-0.3, -0.25) is 4.79 Å². The predicted octanol–water partition coefficient (Wildman–Crippen LogP) is 4.60. The monoisotopic (exact) mass is 500 g/mol. The first-order valence-electron chi connectivity index (χ1n) is 11.2. The molecule has 1 aliphatic heterocycles. The van der Waals surface area contributed by atoms with Crippen LogP contribution in [0.1, 0.15) is 26.3 Å². The Bertz CT molecular complexity index is 1280. The Morgan fingerprint density at radius 1 is 1.06 bits per heavy atom. The normalized spacial score (nSPS) is 13.8. The zero-order valence-electron chi connectivity index (χ0n) is 20.1. The van der Waals surface area contributed by atoms with Crippen LogP contribution in [-0.2, 0) is 9.59 Å². The topological polar surface area (TPSA) is 97.2 Å². The van der Waals surface area contributed by atoms with Gasteiger partial charge in [-0.05, 0) is 31.4 Å². The van der Waals surface area contributed by atoms with Crippen molar-refractivity contribution in [1.29, 1.82) is 0 Å². The van der Waals surface area contributed by atoms with Crippen molar-refractivity contribution in [2.45, 2.75) is 20.8 Å². The van der Waals surface area contributed by atoms with Crippen molar-refractivity contribution >= 4 is 82.1 Å². The fraction of sp³-hybridized carbons (Fsp3) is 0.192. The van der Waals surface area contributed by atoms with E-state index in [1.54, 1.807) is 0 Å². The second-order valence-electron chi connectivity index (χ2n) is 7.61. The Balaban J connectivity index is 0.000000795. The molecule has 1 heterocycles. The van der Waals surface area contributed by atoms with E-state index in [0.29, 0.717) is 23.3 Å². The van der Waals surface area contributed by atoms with Gasteiger partial charge >= 0.3 is 143 Å². The molecule has 4 rings (SSSR count). The zero-order valence-corrected chi connectivity index (χ0v) is 22.9. The molecule has 0 aliphatic carbocycles. The summed E-state index contributed by atoms with van der Waals surface area (Å²) >= 11 is 2.34. The molecule has 0 saturated carbocycles. The molecule has 7 nitrogen and oxygen atoms in total. The second-order valence-corrected chi connectivity index (χ2v) is 9.79. The van der Waals surface area contributed by atoms with Gasteiger partial charge in [0, 0.05) is 6.92 Å². The predicted molar refractivity (Wildman–Crippen MR) is 143 cm³/mol. The Kier molecular flexibility index (Phi) is 9.80. The van der Waals surface area contributed by atoms with E-state index in [9.17, 15) is 4.79 Å². The number of amidine groups is 1. The summed E-state index contributed by atoms with van der Waals surface area (Å²) in [7, 11) is 0. The molecular formula is C26H25N2NaO5S. The van der Waals surface area contributed by atoms with E-state index in [1.807, 2.05) is 62.4 Å². The molecule has 0 atom stereocenters. The number of anilines is 1. The molecular weight excluding hydrogens is 475 g/mol. The molecule has 1 amide bonds. The van der Waals surface area contributed by atoms with Crippen molar-refractivity contribution in [2.24, 2.45) is 4.99 Å². The molecule has 0 radical (unpaired) electrons. The van der Waals surface area contributed by atoms with Gasteiger partial charge in [-0.1, -0.05) is 6.07 Å². The third-order valence-electron chi connectivity index (χ3n) is 4.76. The summed E-state index contributed by atoms with van der Waals surface area (Å²) in [5.74, 6) is 0.474. The van der Waals surface area contributed by atoms with Gasteiger partial charge in [-0.25, -0.2) is 0 Å². The van der Waals surface area contributed by atoms with E-state index >= 15 is 0 Å². The third kappa shape index (κ3) is 7.86. The molecule has 0 spiro atoms. The number of fused-ring (bicyclic) bond motifs is 1. The summed E-state index contributed by atoms with van der Waals surface area (Å²) < 4.78 is 12.8. The Hall–Kier alpha value is -2.78. The van der Waals surface area contributed by atoms with Gasteiger partial charge in [0.05, 0.1) is 13.2 Å². The molecule has 176 valence electrons. The number of rotatable bonds is 6. The number of amides is 1. The number of nitrogens with one attached hydrogen (secondary N) is 1. The number of carbonyl (C=O) groups excluding carboxylic acids is 1. The van der Waals surface area contributed by atoms with Crippen LogP contribution in [0.15, 0.2) is 64.5 Å². The molecule has 0 unspecified atom stereocenters. The molecule has 3 aromatic carbocycles. The van der Waals surface area contributed by atoms with Crippen LogP contribution < -0.4 is 17.6 Å². The first kappa shape index (κ1) is 26.8. The van der Waals surface area contributed by atoms with Crippen LogP contribution >= 0.6 is 11.8 Å². The van der Waals surface area contributed by atoms with Crippen LogP contribution in [0, 0.1) is 0 Å². The van der Waals surface area contributed by atoms with Crippen molar-refractivity contribution in [3.8, 4) is 11.5 Å². The van der Waals surface area contributed by atoms with Gasteiger partial charge in [-0.15, -0.1) is 0 Å². The van der Waals surface area contributed by atoms with Crippen molar-refractivity contribution < 1.29 is 24.2 Å². The summed E-state index contributed by atoms with van der Waals surface area (Å²) in [6.07, 6.45) is 1.85. The van der Waals surface area contributed by atoms with Crippen molar-refractivity contribution in [2.75, 3.05) is 18.5 Å². The first-order valence-corrected chi connectivity index (χ1v) is 13.0. The Morgan fingerprint density at radius 3 is 2.40 bits per heavy atom. The number of carbonyl (C=O) groups is 2. The van der Waals surface area contributed by atoms with Crippen LogP contribution in [0.25, 0.3) is 16.8 Å². The maximum absolute atomic E-state index is 12.5. The molecule has 0 bridgehead atoms.